The molecular formula is C49H78N8O13. The number of aromatic nitrogens is 7. The van der Waals surface area contributed by atoms with Gasteiger partial charge in [-0.3, -0.25) is 9.59 Å². The van der Waals surface area contributed by atoms with Crippen LogP contribution in [-0.2, 0) is 55.7 Å². The SMILES string of the molecule is CC[C@H]1OC(=O)[C@H](C)[C@@H](O[C@H]2C[C@@](C)(OC)[C@@H](O)[C@H](C)O2)[C@H](C)[C@@H](O[C@@H]2O[C@H](C)C[C@H](N(C)CCc3cn(Cc4ccc(-c5nnn[nH]5)cc4)nn3)[C@H]2O)[C@](C)(OC)C[C@@H](C)C(=O)[C@H](C)[C@@H](O)[C@]1(C)O. The Morgan fingerprint density at radius 2 is 1.59 bits per heavy atom. The molecule has 3 saturated heterocycles. The molecule has 0 saturated carbocycles. The minimum atomic E-state index is -2.00. The minimum absolute atomic E-state index is 0.0677. The Hall–Kier alpha value is -3.87. The van der Waals surface area contributed by atoms with Gasteiger partial charge in [-0.25, -0.2) is 9.78 Å². The standard InChI is InChI=1S/C49H78N8O13/c1-14-36-49(10,63)41(60)28(4)38(58)26(2)22-48(9,65-13)43(29(5)40(30(6)45(62)68-36)69-37-23-47(8,64-12)42(61)31(7)67-37)70-46-39(59)35(21-27(3)66-46)56(11)20-19-34-25-57(55-50-34)24-32-15-17-33(18-16-32)44-51-53-54-52-44/h15-18,25-31,35-37,39-43,46,59-61,63H,14,19-24H2,1-13H3,(H,51,52,53,54)/t26-,27-,28+,29+,30-,31+,35+,36-,37+,39-,40+,41-,42+,43-,46+,47-,48-,49-/m1/s1. The second-order valence-electron chi connectivity index (χ2n) is 20.8. The van der Waals surface area contributed by atoms with Crippen LogP contribution in [0.5, 0.6) is 0 Å². The van der Waals surface area contributed by atoms with Crippen molar-refractivity contribution in [1.82, 2.24) is 40.5 Å². The number of esters is 1. The van der Waals surface area contributed by atoms with Crippen molar-refractivity contribution in [3.05, 3.63) is 41.7 Å². The third kappa shape index (κ3) is 12.1. The van der Waals surface area contributed by atoms with Crippen LogP contribution in [0.15, 0.2) is 30.5 Å². The number of rotatable bonds is 14. The number of ether oxygens (including phenoxy) is 7. The van der Waals surface area contributed by atoms with Crippen molar-refractivity contribution in [1.29, 1.82) is 0 Å². The topological polar surface area (TPSA) is 268 Å². The summed E-state index contributed by atoms with van der Waals surface area (Å²) in [5.74, 6) is -4.14. The number of tetrazole rings is 1. The zero-order chi connectivity index (χ0) is 51.5. The lowest BCUT2D eigenvalue weighted by atomic mass is 9.74. The number of carbonyl (C=O) groups excluding carboxylic acids is 2. The van der Waals surface area contributed by atoms with Gasteiger partial charge in [0.1, 0.15) is 29.7 Å². The second kappa shape index (κ2) is 22.9. The van der Waals surface area contributed by atoms with Gasteiger partial charge < -0.3 is 58.5 Å². The van der Waals surface area contributed by atoms with Crippen LogP contribution < -0.4 is 0 Å². The average molecular weight is 987 g/mol. The molecule has 3 aliphatic heterocycles. The average Bonchev–Trinajstić information content (AvgIpc) is 4.05. The number of cyclic esters (lactones) is 1. The first-order chi connectivity index (χ1) is 33.0. The van der Waals surface area contributed by atoms with Gasteiger partial charge in [0.2, 0.25) is 0 Å². The highest BCUT2D eigenvalue weighted by Crippen LogP contribution is 2.42. The maximum atomic E-state index is 14.5. The smallest absolute Gasteiger partial charge is 0.311 e. The van der Waals surface area contributed by atoms with Gasteiger partial charge in [0.25, 0.3) is 0 Å². The zero-order valence-electron chi connectivity index (χ0n) is 43.1. The number of hydrogen-bond donors (Lipinski definition) is 5. The van der Waals surface area contributed by atoms with E-state index in [-0.39, 0.29) is 31.1 Å². The van der Waals surface area contributed by atoms with Crippen LogP contribution in [-0.4, -0.2) is 185 Å². The van der Waals surface area contributed by atoms with E-state index >= 15 is 0 Å². The number of ketones is 1. The van der Waals surface area contributed by atoms with Gasteiger partial charge in [0.15, 0.2) is 18.4 Å². The second-order valence-corrected chi connectivity index (χ2v) is 20.8. The summed E-state index contributed by atoms with van der Waals surface area (Å²) in [6.07, 6.45) is -7.12. The molecule has 21 heteroatoms. The van der Waals surface area contributed by atoms with Gasteiger partial charge in [-0.1, -0.05) is 57.2 Å². The number of benzene rings is 1. The largest absolute Gasteiger partial charge is 0.459 e. The summed E-state index contributed by atoms with van der Waals surface area (Å²) >= 11 is 0. The summed E-state index contributed by atoms with van der Waals surface area (Å²) in [7, 11) is 4.93. The van der Waals surface area contributed by atoms with Crippen molar-refractivity contribution in [2.75, 3.05) is 27.8 Å². The van der Waals surface area contributed by atoms with Crippen molar-refractivity contribution in [2.45, 2.75) is 192 Å². The molecule has 5 N–H and O–H groups in total. The van der Waals surface area contributed by atoms with E-state index in [1.165, 1.54) is 21.1 Å². The van der Waals surface area contributed by atoms with Gasteiger partial charge in [-0.05, 0) is 83.8 Å². The zero-order valence-corrected chi connectivity index (χ0v) is 43.1. The van der Waals surface area contributed by atoms with Crippen LogP contribution in [0.4, 0.5) is 0 Å². The van der Waals surface area contributed by atoms with E-state index in [2.05, 4.69) is 35.8 Å². The lowest BCUT2D eigenvalue weighted by Crippen LogP contribution is -2.61. The van der Waals surface area contributed by atoms with Gasteiger partial charge >= 0.3 is 5.97 Å². The number of carbonyl (C=O) groups is 2. The predicted molar refractivity (Wildman–Crippen MR) is 252 cm³/mol. The molecule has 3 aromatic rings. The van der Waals surface area contributed by atoms with Crippen LogP contribution >= 0.6 is 0 Å². The molecule has 0 amide bonds. The van der Waals surface area contributed by atoms with Gasteiger partial charge in [-0.15, -0.1) is 10.2 Å². The third-order valence-electron chi connectivity index (χ3n) is 15.4. The Balaban J connectivity index is 1.27. The molecule has 392 valence electrons. The van der Waals surface area contributed by atoms with Crippen LogP contribution in [0, 0.1) is 23.7 Å². The van der Waals surface area contributed by atoms with Crippen molar-refractivity contribution in [2.24, 2.45) is 23.7 Å². The van der Waals surface area contributed by atoms with Gasteiger partial charge in [0.05, 0.1) is 59.9 Å². The first kappa shape index (κ1) is 55.4. The monoisotopic (exact) mass is 987 g/mol. The molecule has 0 aliphatic carbocycles. The summed E-state index contributed by atoms with van der Waals surface area (Å²) < 4.78 is 46.5. The van der Waals surface area contributed by atoms with E-state index in [1.807, 2.05) is 51.4 Å². The molecule has 21 nitrogen and oxygen atoms in total. The summed E-state index contributed by atoms with van der Waals surface area (Å²) in [5, 5.41) is 69.5. The van der Waals surface area contributed by atoms with Crippen molar-refractivity contribution >= 4 is 11.8 Å². The summed E-state index contributed by atoms with van der Waals surface area (Å²) in [6, 6.07) is 7.41. The summed E-state index contributed by atoms with van der Waals surface area (Å²) in [4.78, 5) is 30.8. The minimum Gasteiger partial charge on any atom is -0.459 e. The number of aliphatic hydroxyl groups excluding tert-OH is 3. The molecule has 1 aromatic carbocycles. The van der Waals surface area contributed by atoms with E-state index < -0.39 is 108 Å². The van der Waals surface area contributed by atoms with E-state index in [0.29, 0.717) is 31.8 Å². The number of nitrogens with one attached hydrogen (secondary N) is 1. The fraction of sp³-hybridized carbons (Fsp3) is 0.776. The number of methoxy groups -OCH3 is 2. The molecule has 0 bridgehead atoms. The Morgan fingerprint density at radius 3 is 2.21 bits per heavy atom. The molecule has 2 aromatic heterocycles. The molecule has 6 rings (SSSR count). The quantitative estimate of drug-likeness (QED) is 0.145. The molecule has 0 radical (unpaired) electrons. The van der Waals surface area contributed by atoms with Crippen LogP contribution in [0.2, 0.25) is 0 Å². The Labute approximate surface area is 411 Å². The maximum absolute atomic E-state index is 14.5. The number of aromatic amines is 1. The highest BCUT2D eigenvalue weighted by molar-refractivity contribution is 5.83. The van der Waals surface area contributed by atoms with E-state index in [4.69, 9.17) is 33.2 Å². The third-order valence-corrected chi connectivity index (χ3v) is 15.4. The van der Waals surface area contributed by atoms with Crippen molar-refractivity contribution < 1.29 is 63.2 Å². The lowest BCUT2D eigenvalue weighted by Gasteiger charge is -2.50. The van der Waals surface area contributed by atoms with Crippen molar-refractivity contribution in [3.63, 3.8) is 0 Å². The van der Waals surface area contributed by atoms with Crippen LogP contribution in [0.3, 0.4) is 0 Å². The predicted octanol–water partition coefficient (Wildman–Crippen LogP) is 2.87. The normalized spacial score (nSPS) is 39.4. The summed E-state index contributed by atoms with van der Waals surface area (Å²) in [6.45, 7) is 18.1. The molecule has 70 heavy (non-hydrogen) atoms. The molecular weight excluding hydrogens is 909 g/mol. The van der Waals surface area contributed by atoms with Crippen molar-refractivity contribution in [3.8, 4) is 11.4 Å². The Bertz CT molecular complexity index is 2150. The fourth-order valence-electron chi connectivity index (χ4n) is 10.7. The molecule has 18 atom stereocenters. The number of nitrogens with zero attached hydrogens (tertiary/aromatic N) is 7. The number of hydrogen-bond acceptors (Lipinski definition) is 19. The van der Waals surface area contributed by atoms with E-state index in [1.54, 1.807) is 53.1 Å². The first-order valence-corrected chi connectivity index (χ1v) is 24.6. The summed E-state index contributed by atoms with van der Waals surface area (Å²) in [5.41, 5.74) is -1.73. The van der Waals surface area contributed by atoms with Crippen LogP contribution in [0.1, 0.15) is 106 Å². The lowest BCUT2D eigenvalue weighted by molar-refractivity contribution is -0.319. The Kier molecular flexibility index (Phi) is 18.1. The number of H-pyrrole nitrogens is 1. The first-order valence-electron chi connectivity index (χ1n) is 24.6. The molecule has 3 aliphatic rings. The van der Waals surface area contributed by atoms with E-state index in [0.717, 1.165) is 16.8 Å². The highest BCUT2D eigenvalue weighted by atomic mass is 16.7. The molecule has 5 heterocycles. The molecule has 0 unspecified atom stereocenters. The molecule has 3 fully saturated rings. The highest BCUT2D eigenvalue weighted by Gasteiger charge is 2.54. The van der Waals surface area contributed by atoms with E-state index in [9.17, 15) is 30.0 Å². The van der Waals surface area contributed by atoms with Crippen LogP contribution in [0.25, 0.3) is 11.4 Å². The number of likely N-dealkylation sites (N-methyl/N-ethyl adjacent to an activating group) is 1. The Morgan fingerprint density at radius 1 is 0.900 bits per heavy atom. The fourth-order valence-corrected chi connectivity index (χ4v) is 10.7. The maximum Gasteiger partial charge on any atom is 0.311 e. The molecule has 0 spiro atoms. The number of Topliss-reactive ketones (excluding diaryl/α,β-unsaturated/α-hetero) is 1. The van der Waals surface area contributed by atoms with Gasteiger partial charge in [-0.2, -0.15) is 0 Å². The number of aliphatic hydroxyl groups is 4. The van der Waals surface area contributed by atoms with Gasteiger partial charge in [0, 0.05) is 69.2 Å².